The number of rotatable bonds is 4. The lowest BCUT2D eigenvalue weighted by molar-refractivity contribution is -0.139. The molecule has 1 aromatic rings. The molecule has 0 saturated carbocycles. The van der Waals surface area contributed by atoms with Gasteiger partial charge in [-0.3, -0.25) is 4.79 Å². The first kappa shape index (κ1) is 11.4. The predicted octanol–water partition coefficient (Wildman–Crippen LogP) is 2.27. The molecule has 0 aromatic carbocycles. The van der Waals surface area contributed by atoms with Crippen LogP contribution in [-0.4, -0.2) is 16.5 Å². The molecule has 0 fully saturated rings. The van der Waals surface area contributed by atoms with Crippen LogP contribution in [-0.2, 0) is 11.2 Å². The molecule has 1 atom stereocenters. The zero-order valence-electron chi connectivity index (χ0n) is 8.78. The summed E-state index contributed by atoms with van der Waals surface area (Å²) in [6.07, 6.45) is 0.336. The van der Waals surface area contributed by atoms with Crippen LogP contribution in [0.5, 0.6) is 0 Å². The molecule has 0 aliphatic rings. The minimum Gasteiger partial charge on any atom is -0.382 e. The van der Waals surface area contributed by atoms with Gasteiger partial charge in [0.15, 0.2) is 5.78 Å². The van der Waals surface area contributed by atoms with E-state index >= 15 is 0 Å². The van der Waals surface area contributed by atoms with Gasteiger partial charge < -0.3 is 5.11 Å². The topological polar surface area (TPSA) is 37.3 Å². The van der Waals surface area contributed by atoms with E-state index in [0.29, 0.717) is 6.42 Å². The monoisotopic (exact) mass is 212 g/mol. The summed E-state index contributed by atoms with van der Waals surface area (Å²) >= 11 is 1.55. The molecule has 0 aliphatic carbocycles. The quantitative estimate of drug-likeness (QED) is 0.831. The summed E-state index contributed by atoms with van der Waals surface area (Å²) < 4.78 is 0. The zero-order valence-corrected chi connectivity index (χ0v) is 9.60. The summed E-state index contributed by atoms with van der Waals surface area (Å²) in [5.41, 5.74) is -1.20. The van der Waals surface area contributed by atoms with Crippen LogP contribution in [0.15, 0.2) is 17.5 Å². The fourth-order valence-corrected chi connectivity index (χ4v) is 1.78. The minimum atomic E-state index is -1.20. The molecule has 2 nitrogen and oxygen atoms in total. The Labute approximate surface area is 88.6 Å². The van der Waals surface area contributed by atoms with E-state index in [4.69, 9.17) is 0 Å². The highest BCUT2D eigenvalue weighted by atomic mass is 32.1. The Kier molecular flexibility index (Phi) is 3.45. The van der Waals surface area contributed by atoms with Gasteiger partial charge in [0, 0.05) is 11.3 Å². The van der Waals surface area contributed by atoms with Crippen molar-refractivity contribution in [3.8, 4) is 0 Å². The van der Waals surface area contributed by atoms with Crippen LogP contribution in [0.4, 0.5) is 0 Å². The molecule has 1 rings (SSSR count). The standard InChI is InChI=1S/C11H16O2S/c1-8(2)11(3,13)10(12)7-9-5-4-6-14-9/h4-6,8,13H,7H2,1-3H3/t11-/m1/s1. The first-order valence-electron chi connectivity index (χ1n) is 4.72. The molecule has 0 saturated heterocycles. The van der Waals surface area contributed by atoms with E-state index in [1.54, 1.807) is 18.3 Å². The van der Waals surface area contributed by atoms with Crippen molar-refractivity contribution in [1.29, 1.82) is 0 Å². The first-order chi connectivity index (χ1) is 6.44. The summed E-state index contributed by atoms with van der Waals surface area (Å²) in [7, 11) is 0. The average molecular weight is 212 g/mol. The Morgan fingerprint density at radius 1 is 1.64 bits per heavy atom. The molecule has 0 aliphatic heterocycles. The second kappa shape index (κ2) is 4.24. The Bertz CT molecular complexity index is 299. The maximum absolute atomic E-state index is 11.7. The Morgan fingerprint density at radius 3 is 2.71 bits per heavy atom. The summed E-state index contributed by atoms with van der Waals surface area (Å²) in [5.74, 6) is -0.148. The molecule has 0 radical (unpaired) electrons. The average Bonchev–Trinajstić information content (AvgIpc) is 2.56. The molecule has 1 N–H and O–H groups in total. The van der Waals surface area contributed by atoms with Gasteiger partial charge in [0.1, 0.15) is 5.60 Å². The van der Waals surface area contributed by atoms with Crippen LogP contribution in [0.2, 0.25) is 0 Å². The van der Waals surface area contributed by atoms with Crippen LogP contribution in [0.1, 0.15) is 25.6 Å². The molecule has 1 heterocycles. The third kappa shape index (κ3) is 2.42. The Balaban J connectivity index is 2.67. The lowest BCUT2D eigenvalue weighted by atomic mass is 9.86. The van der Waals surface area contributed by atoms with Crippen molar-refractivity contribution in [2.45, 2.75) is 32.8 Å². The van der Waals surface area contributed by atoms with Gasteiger partial charge in [-0.1, -0.05) is 19.9 Å². The van der Waals surface area contributed by atoms with E-state index in [0.717, 1.165) is 4.88 Å². The summed E-state index contributed by atoms with van der Waals surface area (Å²) in [4.78, 5) is 12.7. The number of ketones is 1. The fourth-order valence-electron chi connectivity index (χ4n) is 1.07. The summed E-state index contributed by atoms with van der Waals surface area (Å²) in [6, 6.07) is 3.83. The second-order valence-corrected chi connectivity index (χ2v) is 5.01. The molecule has 1 aromatic heterocycles. The molecule has 0 spiro atoms. The van der Waals surface area contributed by atoms with Crippen molar-refractivity contribution in [2.24, 2.45) is 5.92 Å². The largest absolute Gasteiger partial charge is 0.382 e. The normalized spacial score (nSPS) is 15.5. The number of thiophene rings is 1. The van der Waals surface area contributed by atoms with Gasteiger partial charge in [-0.05, 0) is 24.3 Å². The van der Waals surface area contributed by atoms with Gasteiger partial charge >= 0.3 is 0 Å². The Morgan fingerprint density at radius 2 is 2.29 bits per heavy atom. The first-order valence-corrected chi connectivity index (χ1v) is 5.60. The van der Waals surface area contributed by atoms with Gasteiger partial charge in [-0.25, -0.2) is 0 Å². The van der Waals surface area contributed by atoms with Gasteiger partial charge in [0.2, 0.25) is 0 Å². The second-order valence-electron chi connectivity index (χ2n) is 3.98. The van der Waals surface area contributed by atoms with E-state index in [1.807, 2.05) is 31.4 Å². The minimum absolute atomic E-state index is 0.0463. The van der Waals surface area contributed by atoms with Gasteiger partial charge in [-0.2, -0.15) is 0 Å². The van der Waals surface area contributed by atoms with Crippen molar-refractivity contribution in [1.82, 2.24) is 0 Å². The smallest absolute Gasteiger partial charge is 0.169 e. The number of carbonyl (C=O) groups excluding carboxylic acids is 1. The van der Waals surface area contributed by atoms with E-state index in [1.165, 1.54) is 0 Å². The summed E-state index contributed by atoms with van der Waals surface area (Å²) in [5, 5.41) is 11.9. The van der Waals surface area contributed by atoms with Crippen molar-refractivity contribution in [3.05, 3.63) is 22.4 Å². The van der Waals surface area contributed by atoms with Crippen LogP contribution in [0.3, 0.4) is 0 Å². The van der Waals surface area contributed by atoms with E-state index in [9.17, 15) is 9.90 Å². The predicted molar refractivity (Wildman–Crippen MR) is 58.5 cm³/mol. The number of hydrogen-bond donors (Lipinski definition) is 1. The van der Waals surface area contributed by atoms with E-state index in [2.05, 4.69) is 0 Å². The molecule has 78 valence electrons. The van der Waals surface area contributed by atoms with Crippen LogP contribution < -0.4 is 0 Å². The lowest BCUT2D eigenvalue weighted by Gasteiger charge is -2.25. The van der Waals surface area contributed by atoms with E-state index < -0.39 is 5.60 Å². The lowest BCUT2D eigenvalue weighted by Crippen LogP contribution is -2.41. The SMILES string of the molecule is CC(C)[C@@](C)(O)C(=O)Cc1cccs1. The highest BCUT2D eigenvalue weighted by Gasteiger charge is 2.33. The third-order valence-electron chi connectivity index (χ3n) is 2.60. The molecule has 0 amide bonds. The van der Waals surface area contributed by atoms with Gasteiger partial charge in [0.25, 0.3) is 0 Å². The number of carbonyl (C=O) groups is 1. The zero-order chi connectivity index (χ0) is 10.8. The van der Waals surface area contributed by atoms with Crippen molar-refractivity contribution < 1.29 is 9.90 Å². The van der Waals surface area contributed by atoms with Crippen molar-refractivity contribution in [3.63, 3.8) is 0 Å². The summed E-state index contributed by atoms with van der Waals surface area (Å²) in [6.45, 7) is 5.30. The van der Waals surface area contributed by atoms with Crippen LogP contribution in [0, 0.1) is 5.92 Å². The molecule has 3 heteroatoms. The molecule has 14 heavy (non-hydrogen) atoms. The molecular weight excluding hydrogens is 196 g/mol. The maximum Gasteiger partial charge on any atom is 0.169 e. The van der Waals surface area contributed by atoms with Gasteiger partial charge in [0.05, 0.1) is 0 Å². The number of aliphatic hydroxyl groups is 1. The molecular formula is C11H16O2S. The van der Waals surface area contributed by atoms with Crippen LogP contribution in [0.25, 0.3) is 0 Å². The van der Waals surface area contributed by atoms with Crippen molar-refractivity contribution in [2.75, 3.05) is 0 Å². The van der Waals surface area contributed by atoms with E-state index in [-0.39, 0.29) is 11.7 Å². The number of Topliss-reactive ketones (excluding diaryl/α,β-unsaturated/α-hetero) is 1. The number of hydrogen-bond acceptors (Lipinski definition) is 3. The Hall–Kier alpha value is -0.670. The third-order valence-corrected chi connectivity index (χ3v) is 3.48. The highest BCUT2D eigenvalue weighted by Crippen LogP contribution is 2.20. The highest BCUT2D eigenvalue weighted by molar-refractivity contribution is 7.10. The molecule has 0 bridgehead atoms. The van der Waals surface area contributed by atoms with Crippen LogP contribution >= 0.6 is 11.3 Å². The fraction of sp³-hybridized carbons (Fsp3) is 0.545. The van der Waals surface area contributed by atoms with Gasteiger partial charge in [-0.15, -0.1) is 11.3 Å². The van der Waals surface area contributed by atoms with Crippen molar-refractivity contribution >= 4 is 17.1 Å². The maximum atomic E-state index is 11.7. The molecule has 0 unspecified atom stereocenters.